The number of hydrogen-bond acceptors (Lipinski definition) is 2. The average Bonchev–Trinajstić information content (AvgIpc) is 2.26. The number of piperidine rings is 1. The van der Waals surface area contributed by atoms with Gasteiger partial charge < -0.3 is 4.90 Å². The Morgan fingerprint density at radius 1 is 1.29 bits per heavy atom. The fraction of sp³-hybridized carbons (Fsp3) is 0.643. The molecule has 1 aromatic heterocycles. The zero-order chi connectivity index (χ0) is 12.4. The Hall–Kier alpha value is -0.760. The van der Waals surface area contributed by atoms with Gasteiger partial charge in [-0.15, -0.1) is 11.6 Å². The highest BCUT2D eigenvalue weighted by molar-refractivity contribution is 6.17. The van der Waals surface area contributed by atoms with Crippen molar-refractivity contribution in [3.63, 3.8) is 0 Å². The molecule has 1 aliphatic rings. The Kier molecular flexibility index (Phi) is 3.93. The molecule has 0 bridgehead atoms. The summed E-state index contributed by atoms with van der Waals surface area (Å²) in [5.41, 5.74) is 2.23. The number of rotatable bonds is 2. The van der Waals surface area contributed by atoms with Crippen LogP contribution in [-0.4, -0.2) is 18.1 Å². The summed E-state index contributed by atoms with van der Waals surface area (Å²) < 4.78 is 0. The van der Waals surface area contributed by atoms with Gasteiger partial charge >= 0.3 is 0 Å². The van der Waals surface area contributed by atoms with Gasteiger partial charge in [0.1, 0.15) is 5.82 Å². The monoisotopic (exact) mass is 252 g/mol. The number of pyridine rings is 1. The molecule has 0 saturated carbocycles. The molecule has 2 nitrogen and oxygen atoms in total. The van der Waals surface area contributed by atoms with Gasteiger partial charge in [0.2, 0.25) is 0 Å². The molecule has 0 amide bonds. The maximum atomic E-state index is 5.92. The van der Waals surface area contributed by atoms with Crippen molar-refractivity contribution < 1.29 is 0 Å². The first kappa shape index (κ1) is 12.7. The smallest absolute Gasteiger partial charge is 0.129 e. The molecule has 94 valence electrons. The third kappa shape index (κ3) is 3.12. The summed E-state index contributed by atoms with van der Waals surface area (Å²) in [6.07, 6.45) is 1.32. The van der Waals surface area contributed by atoms with Gasteiger partial charge in [0.05, 0.1) is 0 Å². The zero-order valence-corrected chi connectivity index (χ0v) is 11.7. The molecule has 0 radical (unpaired) electrons. The van der Waals surface area contributed by atoms with Crippen LogP contribution in [0.2, 0.25) is 0 Å². The van der Waals surface area contributed by atoms with Crippen molar-refractivity contribution in [2.24, 2.45) is 11.8 Å². The zero-order valence-electron chi connectivity index (χ0n) is 10.9. The summed E-state index contributed by atoms with van der Waals surface area (Å²) in [6, 6.07) is 4.19. The van der Waals surface area contributed by atoms with Crippen LogP contribution < -0.4 is 4.90 Å². The van der Waals surface area contributed by atoms with E-state index in [0.29, 0.717) is 5.88 Å². The molecule has 1 aromatic rings. The van der Waals surface area contributed by atoms with Crippen LogP contribution in [0.5, 0.6) is 0 Å². The Balaban J connectivity index is 2.23. The summed E-state index contributed by atoms with van der Waals surface area (Å²) in [7, 11) is 0. The molecule has 1 aliphatic heterocycles. The molecule has 2 atom stereocenters. The fourth-order valence-electron chi connectivity index (χ4n) is 2.81. The molecule has 1 saturated heterocycles. The van der Waals surface area contributed by atoms with E-state index in [0.717, 1.165) is 36.4 Å². The third-order valence-electron chi connectivity index (χ3n) is 3.35. The first-order chi connectivity index (χ1) is 8.08. The van der Waals surface area contributed by atoms with Crippen LogP contribution in [0.1, 0.15) is 31.5 Å². The normalized spacial score (nSPS) is 25.1. The molecule has 2 heterocycles. The maximum absolute atomic E-state index is 5.92. The number of aryl methyl sites for hydroxylation is 1. The lowest BCUT2D eigenvalue weighted by atomic mass is 9.92. The second-order valence-corrected chi connectivity index (χ2v) is 5.73. The largest absolute Gasteiger partial charge is 0.356 e. The quantitative estimate of drug-likeness (QED) is 0.748. The molecular weight excluding hydrogens is 232 g/mol. The highest BCUT2D eigenvalue weighted by Crippen LogP contribution is 2.26. The van der Waals surface area contributed by atoms with Gasteiger partial charge in [-0.25, -0.2) is 4.98 Å². The molecular formula is C14H21ClN2. The lowest BCUT2D eigenvalue weighted by molar-refractivity contribution is 0.355. The van der Waals surface area contributed by atoms with E-state index in [1.165, 1.54) is 12.0 Å². The first-order valence-electron chi connectivity index (χ1n) is 6.37. The molecule has 0 N–H and O–H groups in total. The second kappa shape index (κ2) is 5.26. The number of alkyl halides is 1. The van der Waals surface area contributed by atoms with Crippen LogP contribution in [-0.2, 0) is 5.88 Å². The van der Waals surface area contributed by atoms with Crippen LogP contribution in [0.25, 0.3) is 0 Å². The predicted octanol–water partition coefficient (Wildman–Crippen LogP) is 3.61. The minimum absolute atomic E-state index is 0.565. The molecule has 3 heteroatoms. The average molecular weight is 253 g/mol. The number of aromatic nitrogens is 1. The van der Waals surface area contributed by atoms with Gasteiger partial charge in [-0.05, 0) is 42.9 Å². The van der Waals surface area contributed by atoms with Crippen molar-refractivity contribution in [3.05, 3.63) is 23.4 Å². The lowest BCUT2D eigenvalue weighted by Crippen LogP contribution is -2.39. The number of anilines is 1. The number of hydrogen-bond donors (Lipinski definition) is 0. The Morgan fingerprint density at radius 3 is 2.53 bits per heavy atom. The standard InChI is InChI=1S/C14H21ClN2/c1-10-4-11(2)9-17(8-10)14-6-13(7-15)5-12(3)16-14/h5-6,10-11H,4,7-9H2,1-3H3. The lowest BCUT2D eigenvalue weighted by Gasteiger charge is -2.36. The molecule has 2 unspecified atom stereocenters. The Morgan fingerprint density at radius 2 is 1.94 bits per heavy atom. The van der Waals surface area contributed by atoms with Gasteiger partial charge in [-0.2, -0.15) is 0 Å². The van der Waals surface area contributed by atoms with Crippen molar-refractivity contribution in [2.45, 2.75) is 33.1 Å². The van der Waals surface area contributed by atoms with Crippen LogP contribution in [0.3, 0.4) is 0 Å². The van der Waals surface area contributed by atoms with E-state index in [-0.39, 0.29) is 0 Å². The van der Waals surface area contributed by atoms with Crippen molar-refractivity contribution in [1.29, 1.82) is 0 Å². The highest BCUT2D eigenvalue weighted by atomic mass is 35.5. The van der Waals surface area contributed by atoms with Crippen molar-refractivity contribution in [2.75, 3.05) is 18.0 Å². The van der Waals surface area contributed by atoms with E-state index in [9.17, 15) is 0 Å². The first-order valence-corrected chi connectivity index (χ1v) is 6.90. The van der Waals surface area contributed by atoms with E-state index in [4.69, 9.17) is 11.6 Å². The van der Waals surface area contributed by atoms with Gasteiger partial charge in [-0.3, -0.25) is 0 Å². The molecule has 0 aromatic carbocycles. The number of nitrogens with zero attached hydrogens (tertiary/aromatic N) is 2. The summed E-state index contributed by atoms with van der Waals surface area (Å²) in [5, 5.41) is 0. The summed E-state index contributed by atoms with van der Waals surface area (Å²) in [6.45, 7) is 8.91. The Labute approximate surface area is 109 Å². The fourth-order valence-corrected chi connectivity index (χ4v) is 2.96. The van der Waals surface area contributed by atoms with Gasteiger partial charge in [0.15, 0.2) is 0 Å². The topological polar surface area (TPSA) is 16.1 Å². The summed E-state index contributed by atoms with van der Waals surface area (Å²) >= 11 is 5.92. The molecule has 17 heavy (non-hydrogen) atoms. The van der Waals surface area contributed by atoms with Crippen molar-refractivity contribution in [1.82, 2.24) is 4.98 Å². The van der Waals surface area contributed by atoms with E-state index in [1.807, 2.05) is 6.92 Å². The van der Waals surface area contributed by atoms with Crippen molar-refractivity contribution >= 4 is 17.4 Å². The summed E-state index contributed by atoms with van der Waals surface area (Å²) in [5.74, 6) is 3.16. The van der Waals surface area contributed by atoms with E-state index < -0.39 is 0 Å². The Bertz CT molecular complexity index is 382. The van der Waals surface area contributed by atoms with E-state index in [2.05, 4.69) is 35.9 Å². The van der Waals surface area contributed by atoms with Crippen LogP contribution in [0.4, 0.5) is 5.82 Å². The van der Waals surface area contributed by atoms with E-state index in [1.54, 1.807) is 0 Å². The minimum atomic E-state index is 0.565. The van der Waals surface area contributed by atoms with Crippen LogP contribution in [0.15, 0.2) is 12.1 Å². The SMILES string of the molecule is Cc1cc(CCl)cc(N2CC(C)CC(C)C2)n1. The molecule has 0 aliphatic carbocycles. The number of halogens is 1. The third-order valence-corrected chi connectivity index (χ3v) is 3.66. The van der Waals surface area contributed by atoms with Crippen molar-refractivity contribution in [3.8, 4) is 0 Å². The van der Waals surface area contributed by atoms with Gasteiger partial charge in [-0.1, -0.05) is 13.8 Å². The molecule has 1 fully saturated rings. The van der Waals surface area contributed by atoms with E-state index >= 15 is 0 Å². The van der Waals surface area contributed by atoms with Crippen LogP contribution in [0, 0.1) is 18.8 Å². The van der Waals surface area contributed by atoms with Crippen LogP contribution >= 0.6 is 11.6 Å². The second-order valence-electron chi connectivity index (χ2n) is 5.46. The maximum Gasteiger partial charge on any atom is 0.129 e. The molecule has 0 spiro atoms. The predicted molar refractivity (Wildman–Crippen MR) is 73.7 cm³/mol. The minimum Gasteiger partial charge on any atom is -0.356 e. The van der Waals surface area contributed by atoms with Gasteiger partial charge in [0, 0.05) is 24.7 Å². The van der Waals surface area contributed by atoms with Gasteiger partial charge in [0.25, 0.3) is 0 Å². The molecule has 2 rings (SSSR count). The summed E-state index contributed by atoms with van der Waals surface area (Å²) in [4.78, 5) is 7.05. The highest BCUT2D eigenvalue weighted by Gasteiger charge is 2.22.